The average molecular weight is 399 g/mol. The van der Waals surface area contributed by atoms with Crippen LogP contribution in [0.25, 0.3) is 0 Å². The van der Waals surface area contributed by atoms with E-state index in [-0.39, 0.29) is 17.0 Å². The largest absolute Gasteiger partial charge is 0.315 e. The lowest BCUT2D eigenvalue weighted by molar-refractivity contribution is 0.0965. The molecule has 0 spiro atoms. The number of nitrogens with zero attached hydrogens (tertiary/aromatic N) is 4. The number of hydrogen-bond donors (Lipinski definition) is 0. The standard InChI is InChI=1S/C26H30N4/c1-6-25(4)19-13-9-11-15-21(19)29-22-16-27-17-28-23(22)30(24(29)26(25,5)7-2)20-14-10-8-12-18(20)3/h8-17,24H,6-7H2,1-5H3. The van der Waals surface area contributed by atoms with Gasteiger partial charge < -0.3 is 9.80 Å². The number of benzene rings is 2. The molecule has 0 aliphatic carbocycles. The average Bonchev–Trinajstić information content (AvgIpc) is 3.13. The van der Waals surface area contributed by atoms with Gasteiger partial charge in [-0.25, -0.2) is 9.97 Å². The maximum atomic E-state index is 4.80. The first-order valence-corrected chi connectivity index (χ1v) is 11.0. The Hall–Kier alpha value is -2.88. The normalized spacial score (nSPS) is 26.9. The molecule has 1 aromatic heterocycles. The van der Waals surface area contributed by atoms with Crippen LogP contribution in [0.4, 0.5) is 22.9 Å². The van der Waals surface area contributed by atoms with Gasteiger partial charge in [-0.2, -0.15) is 0 Å². The van der Waals surface area contributed by atoms with Gasteiger partial charge in [0.15, 0.2) is 5.82 Å². The Kier molecular flexibility index (Phi) is 4.18. The van der Waals surface area contributed by atoms with E-state index in [1.165, 1.54) is 22.5 Å². The Bertz CT molecular complexity index is 1110. The van der Waals surface area contributed by atoms with Crippen LogP contribution in [0.2, 0.25) is 0 Å². The first-order valence-electron chi connectivity index (χ1n) is 11.0. The molecule has 0 saturated heterocycles. The Morgan fingerprint density at radius 3 is 2.27 bits per heavy atom. The van der Waals surface area contributed by atoms with E-state index in [0.29, 0.717) is 0 Å². The molecule has 0 bridgehead atoms. The predicted molar refractivity (Wildman–Crippen MR) is 124 cm³/mol. The maximum absolute atomic E-state index is 4.80. The van der Waals surface area contributed by atoms with Crippen molar-refractivity contribution < 1.29 is 0 Å². The molecule has 3 aromatic rings. The zero-order valence-electron chi connectivity index (χ0n) is 18.6. The number of hydrogen-bond acceptors (Lipinski definition) is 4. The summed E-state index contributed by atoms with van der Waals surface area (Å²) in [6, 6.07) is 17.6. The Morgan fingerprint density at radius 1 is 0.867 bits per heavy atom. The summed E-state index contributed by atoms with van der Waals surface area (Å²) < 4.78 is 0. The first-order chi connectivity index (χ1) is 14.5. The monoisotopic (exact) mass is 398 g/mol. The lowest BCUT2D eigenvalue weighted by Crippen LogP contribution is -2.62. The van der Waals surface area contributed by atoms with Crippen LogP contribution in [0.5, 0.6) is 0 Å². The molecule has 4 nitrogen and oxygen atoms in total. The minimum absolute atomic E-state index is 0.000908. The molecule has 30 heavy (non-hydrogen) atoms. The molecule has 0 radical (unpaired) electrons. The third kappa shape index (κ3) is 2.22. The van der Waals surface area contributed by atoms with Gasteiger partial charge in [-0.1, -0.05) is 64.1 Å². The fourth-order valence-corrected chi connectivity index (χ4v) is 5.86. The molecule has 154 valence electrons. The molecule has 0 amide bonds. The van der Waals surface area contributed by atoms with Gasteiger partial charge in [0.1, 0.15) is 18.2 Å². The van der Waals surface area contributed by atoms with E-state index in [2.05, 4.69) is 97.9 Å². The molecule has 2 aliphatic rings. The van der Waals surface area contributed by atoms with E-state index < -0.39 is 0 Å². The lowest BCUT2D eigenvalue weighted by atomic mass is 9.55. The van der Waals surface area contributed by atoms with Crippen LogP contribution >= 0.6 is 0 Å². The van der Waals surface area contributed by atoms with Gasteiger partial charge in [0, 0.05) is 22.2 Å². The third-order valence-corrected chi connectivity index (χ3v) is 8.05. The van der Waals surface area contributed by atoms with Gasteiger partial charge >= 0.3 is 0 Å². The van der Waals surface area contributed by atoms with Crippen molar-refractivity contribution in [2.75, 3.05) is 9.80 Å². The second kappa shape index (κ2) is 6.56. The summed E-state index contributed by atoms with van der Waals surface area (Å²) >= 11 is 0. The van der Waals surface area contributed by atoms with Crippen LogP contribution in [-0.4, -0.2) is 16.1 Å². The van der Waals surface area contributed by atoms with Crippen molar-refractivity contribution in [2.45, 2.75) is 59.0 Å². The third-order valence-electron chi connectivity index (χ3n) is 8.05. The molecule has 4 heteroatoms. The van der Waals surface area contributed by atoms with Gasteiger partial charge in [-0.3, -0.25) is 0 Å². The molecule has 0 saturated carbocycles. The summed E-state index contributed by atoms with van der Waals surface area (Å²) in [7, 11) is 0. The summed E-state index contributed by atoms with van der Waals surface area (Å²) in [4.78, 5) is 14.2. The van der Waals surface area contributed by atoms with Crippen molar-refractivity contribution in [1.29, 1.82) is 0 Å². The molecule has 0 fully saturated rings. The van der Waals surface area contributed by atoms with E-state index in [4.69, 9.17) is 4.98 Å². The highest BCUT2D eigenvalue weighted by molar-refractivity contribution is 5.89. The van der Waals surface area contributed by atoms with Crippen molar-refractivity contribution in [3.8, 4) is 0 Å². The van der Waals surface area contributed by atoms with Gasteiger partial charge in [-0.05, 0) is 43.0 Å². The Balaban J connectivity index is 1.87. The quantitative estimate of drug-likeness (QED) is 0.504. The van der Waals surface area contributed by atoms with Crippen molar-refractivity contribution in [3.63, 3.8) is 0 Å². The van der Waals surface area contributed by atoms with E-state index in [1.807, 2.05) is 6.20 Å². The minimum Gasteiger partial charge on any atom is -0.315 e. The SMILES string of the molecule is CCC1(C)c2ccccc2N2c3cncnc3N(c3ccccc3C)C2C1(C)CC. The number of rotatable bonds is 3. The second-order valence-electron chi connectivity index (χ2n) is 9.11. The zero-order chi connectivity index (χ0) is 21.1. The van der Waals surface area contributed by atoms with Crippen LogP contribution in [0, 0.1) is 12.3 Å². The van der Waals surface area contributed by atoms with Gasteiger partial charge in [-0.15, -0.1) is 0 Å². The highest BCUT2D eigenvalue weighted by atomic mass is 15.5. The second-order valence-corrected chi connectivity index (χ2v) is 9.11. The lowest BCUT2D eigenvalue weighted by Gasteiger charge is -2.59. The molecule has 5 rings (SSSR count). The van der Waals surface area contributed by atoms with Crippen molar-refractivity contribution in [1.82, 2.24) is 9.97 Å². The van der Waals surface area contributed by atoms with Crippen LogP contribution in [0.1, 0.15) is 51.7 Å². The van der Waals surface area contributed by atoms with Gasteiger partial charge in [0.05, 0.1) is 6.20 Å². The number of aryl methyl sites for hydroxylation is 1. The number of fused-ring (bicyclic) bond motifs is 5. The Morgan fingerprint density at radius 2 is 1.57 bits per heavy atom. The van der Waals surface area contributed by atoms with E-state index in [0.717, 1.165) is 24.3 Å². The van der Waals surface area contributed by atoms with Crippen LogP contribution in [0.3, 0.4) is 0 Å². The minimum atomic E-state index is -0.000908. The highest BCUT2D eigenvalue weighted by Gasteiger charge is 2.60. The van der Waals surface area contributed by atoms with Crippen LogP contribution in [0.15, 0.2) is 61.1 Å². The topological polar surface area (TPSA) is 32.3 Å². The summed E-state index contributed by atoms with van der Waals surface area (Å²) in [5, 5.41) is 0. The molecular formula is C26H30N4. The summed E-state index contributed by atoms with van der Waals surface area (Å²) in [5.41, 5.74) is 6.33. The van der Waals surface area contributed by atoms with E-state index >= 15 is 0 Å². The fourth-order valence-electron chi connectivity index (χ4n) is 5.86. The number of para-hydroxylation sites is 2. The maximum Gasteiger partial charge on any atom is 0.162 e. The summed E-state index contributed by atoms with van der Waals surface area (Å²) in [6.45, 7) is 11.8. The van der Waals surface area contributed by atoms with Crippen molar-refractivity contribution in [2.24, 2.45) is 5.41 Å². The van der Waals surface area contributed by atoms with E-state index in [9.17, 15) is 0 Å². The van der Waals surface area contributed by atoms with Crippen molar-refractivity contribution in [3.05, 3.63) is 72.2 Å². The summed E-state index contributed by atoms with van der Waals surface area (Å²) in [5.74, 6) is 0.999. The summed E-state index contributed by atoms with van der Waals surface area (Å²) in [6.07, 6.45) is 5.94. The van der Waals surface area contributed by atoms with Gasteiger partial charge in [0.25, 0.3) is 0 Å². The van der Waals surface area contributed by atoms with E-state index in [1.54, 1.807) is 6.33 Å². The predicted octanol–water partition coefficient (Wildman–Crippen LogP) is 6.50. The fraction of sp³-hybridized carbons (Fsp3) is 0.385. The molecule has 3 unspecified atom stereocenters. The molecule has 2 aromatic carbocycles. The molecule has 2 aliphatic heterocycles. The molecular weight excluding hydrogens is 368 g/mol. The molecule has 0 N–H and O–H groups in total. The highest BCUT2D eigenvalue weighted by Crippen LogP contribution is 2.63. The van der Waals surface area contributed by atoms with Gasteiger partial charge in [0.2, 0.25) is 0 Å². The molecule has 3 atom stereocenters. The smallest absolute Gasteiger partial charge is 0.162 e. The number of anilines is 4. The zero-order valence-corrected chi connectivity index (χ0v) is 18.6. The van der Waals surface area contributed by atoms with Crippen LogP contribution < -0.4 is 9.80 Å². The van der Waals surface area contributed by atoms with Crippen LogP contribution in [-0.2, 0) is 5.41 Å². The molecule has 3 heterocycles. The van der Waals surface area contributed by atoms with Crippen molar-refractivity contribution >= 4 is 22.9 Å². The Labute approximate surface area is 179 Å². The first kappa shape index (κ1) is 19.1. The number of aromatic nitrogens is 2.